The van der Waals surface area contributed by atoms with Crippen LogP contribution in [0.4, 0.5) is 0 Å². The van der Waals surface area contributed by atoms with Crippen LogP contribution in [0.25, 0.3) is 0 Å². The molecule has 1 aliphatic carbocycles. The fourth-order valence-electron chi connectivity index (χ4n) is 1.05. The third kappa shape index (κ3) is 4.92. The van der Waals surface area contributed by atoms with Crippen molar-refractivity contribution in [3.05, 3.63) is 0 Å². The van der Waals surface area contributed by atoms with Crippen LogP contribution in [0.3, 0.4) is 0 Å². The van der Waals surface area contributed by atoms with Crippen LogP contribution >= 0.6 is 0 Å². The number of rotatable bonds is 6. The van der Waals surface area contributed by atoms with E-state index in [-0.39, 0.29) is 23.5 Å². The first kappa shape index (κ1) is 12.2. The lowest BCUT2D eigenvalue weighted by Crippen LogP contribution is -2.32. The number of hydrogen-bond donors (Lipinski definition) is 2. The van der Waals surface area contributed by atoms with E-state index in [1.54, 1.807) is 0 Å². The van der Waals surface area contributed by atoms with E-state index in [9.17, 15) is 13.8 Å². The summed E-state index contributed by atoms with van der Waals surface area (Å²) < 4.78 is 11.4. The van der Waals surface area contributed by atoms with Crippen molar-refractivity contribution in [1.29, 1.82) is 0 Å². The standard InChI is InChI=1S/C9H15NO4S/c1-6(9(12)13)4-15(14)5-8(11)10-7-2-3-7/h6-7H,2-5H2,1H3,(H,10,11)(H,12,13). The fraction of sp³-hybridized carbons (Fsp3) is 0.778. The first-order valence-electron chi connectivity index (χ1n) is 4.86. The second-order valence-corrected chi connectivity index (χ2v) is 5.33. The molecular weight excluding hydrogens is 218 g/mol. The van der Waals surface area contributed by atoms with E-state index in [2.05, 4.69) is 5.32 Å². The number of carboxylic acid groups (broad SMARTS) is 1. The Morgan fingerprint density at radius 2 is 2.13 bits per heavy atom. The summed E-state index contributed by atoms with van der Waals surface area (Å²) in [7, 11) is -1.38. The average molecular weight is 233 g/mol. The molecule has 2 N–H and O–H groups in total. The zero-order valence-corrected chi connectivity index (χ0v) is 9.38. The molecule has 15 heavy (non-hydrogen) atoms. The number of hydrogen-bond acceptors (Lipinski definition) is 3. The van der Waals surface area contributed by atoms with Crippen LogP contribution in [0.5, 0.6) is 0 Å². The molecule has 0 aromatic rings. The van der Waals surface area contributed by atoms with E-state index in [1.807, 2.05) is 0 Å². The molecule has 2 atom stereocenters. The number of nitrogens with one attached hydrogen (secondary N) is 1. The van der Waals surface area contributed by atoms with Crippen molar-refractivity contribution in [3.8, 4) is 0 Å². The van der Waals surface area contributed by atoms with Gasteiger partial charge in [-0.15, -0.1) is 0 Å². The molecule has 1 saturated carbocycles. The van der Waals surface area contributed by atoms with Gasteiger partial charge in [-0.3, -0.25) is 13.8 Å². The molecule has 0 spiro atoms. The average Bonchev–Trinajstić information content (AvgIpc) is 2.86. The summed E-state index contributed by atoms with van der Waals surface area (Å²) in [6.07, 6.45) is 1.98. The quantitative estimate of drug-likeness (QED) is 0.661. The van der Waals surface area contributed by atoms with Crippen LogP contribution in [0.15, 0.2) is 0 Å². The molecule has 0 radical (unpaired) electrons. The van der Waals surface area contributed by atoms with Gasteiger partial charge in [-0.25, -0.2) is 0 Å². The van der Waals surface area contributed by atoms with Crippen LogP contribution in [0.2, 0.25) is 0 Å². The normalized spacial score (nSPS) is 19.3. The van der Waals surface area contributed by atoms with Gasteiger partial charge in [0, 0.05) is 22.6 Å². The Morgan fingerprint density at radius 3 is 2.60 bits per heavy atom. The molecule has 6 heteroatoms. The van der Waals surface area contributed by atoms with Crippen LogP contribution < -0.4 is 5.32 Å². The molecule has 86 valence electrons. The maximum Gasteiger partial charge on any atom is 0.307 e. The van der Waals surface area contributed by atoms with Crippen molar-refractivity contribution < 1.29 is 18.9 Å². The van der Waals surface area contributed by atoms with Crippen LogP contribution in [-0.2, 0) is 20.4 Å². The van der Waals surface area contributed by atoms with Crippen LogP contribution in [0.1, 0.15) is 19.8 Å². The molecule has 1 rings (SSSR count). The van der Waals surface area contributed by atoms with Gasteiger partial charge in [0.1, 0.15) is 5.75 Å². The molecular formula is C9H15NO4S. The van der Waals surface area contributed by atoms with E-state index >= 15 is 0 Å². The van der Waals surface area contributed by atoms with Gasteiger partial charge < -0.3 is 10.4 Å². The molecule has 0 aromatic carbocycles. The minimum Gasteiger partial charge on any atom is -0.481 e. The summed E-state index contributed by atoms with van der Waals surface area (Å²) >= 11 is 0. The topological polar surface area (TPSA) is 83.5 Å². The van der Waals surface area contributed by atoms with Crippen molar-refractivity contribution in [2.45, 2.75) is 25.8 Å². The first-order chi connectivity index (χ1) is 6.99. The van der Waals surface area contributed by atoms with Gasteiger partial charge in [0.15, 0.2) is 0 Å². The first-order valence-corrected chi connectivity index (χ1v) is 6.35. The Hall–Kier alpha value is -0.910. The van der Waals surface area contributed by atoms with Crippen molar-refractivity contribution >= 4 is 22.7 Å². The number of aliphatic carboxylic acids is 1. The smallest absolute Gasteiger partial charge is 0.307 e. The van der Waals surface area contributed by atoms with Gasteiger partial charge in [-0.1, -0.05) is 6.92 Å². The maximum absolute atomic E-state index is 11.4. The fourth-order valence-corrected chi connectivity index (χ4v) is 2.25. The molecule has 0 saturated heterocycles. The lowest BCUT2D eigenvalue weighted by Gasteiger charge is -2.06. The monoisotopic (exact) mass is 233 g/mol. The summed E-state index contributed by atoms with van der Waals surface area (Å²) in [4.78, 5) is 21.7. The van der Waals surface area contributed by atoms with Crippen molar-refractivity contribution in [3.63, 3.8) is 0 Å². The summed E-state index contributed by atoms with van der Waals surface area (Å²) in [5.74, 6) is -1.94. The number of carbonyl (C=O) groups is 2. The van der Waals surface area contributed by atoms with Crippen molar-refractivity contribution in [1.82, 2.24) is 5.32 Å². The maximum atomic E-state index is 11.4. The number of carbonyl (C=O) groups excluding carboxylic acids is 1. The van der Waals surface area contributed by atoms with Crippen LogP contribution in [-0.4, -0.2) is 38.7 Å². The van der Waals surface area contributed by atoms with Gasteiger partial charge in [0.2, 0.25) is 5.91 Å². The Labute approximate surface area is 90.7 Å². The van der Waals surface area contributed by atoms with Gasteiger partial charge in [0.05, 0.1) is 5.92 Å². The minimum absolute atomic E-state index is 0.0351. The van der Waals surface area contributed by atoms with E-state index in [4.69, 9.17) is 5.11 Å². The SMILES string of the molecule is CC(CS(=O)CC(=O)NC1CC1)C(=O)O. The molecule has 2 unspecified atom stereocenters. The molecule has 1 fully saturated rings. The Balaban J connectivity index is 2.21. The van der Waals surface area contributed by atoms with Crippen molar-refractivity contribution in [2.75, 3.05) is 11.5 Å². The zero-order chi connectivity index (χ0) is 11.4. The van der Waals surface area contributed by atoms with E-state index in [0.717, 1.165) is 12.8 Å². The summed E-state index contributed by atoms with van der Waals surface area (Å²) in [6, 6.07) is 0.256. The number of carboxylic acids is 1. The highest BCUT2D eigenvalue weighted by molar-refractivity contribution is 7.85. The largest absolute Gasteiger partial charge is 0.481 e. The Morgan fingerprint density at radius 1 is 1.53 bits per heavy atom. The van der Waals surface area contributed by atoms with E-state index in [0.29, 0.717) is 0 Å². The molecule has 1 aliphatic rings. The molecule has 0 aliphatic heterocycles. The molecule has 0 bridgehead atoms. The Bertz CT molecular complexity index is 288. The molecule has 0 aromatic heterocycles. The van der Waals surface area contributed by atoms with Crippen LogP contribution in [0, 0.1) is 5.92 Å². The summed E-state index contributed by atoms with van der Waals surface area (Å²) in [5, 5.41) is 11.3. The van der Waals surface area contributed by atoms with Gasteiger partial charge in [0.25, 0.3) is 0 Å². The summed E-state index contributed by atoms with van der Waals surface area (Å²) in [5.41, 5.74) is 0. The highest BCUT2D eigenvalue weighted by Crippen LogP contribution is 2.18. The highest BCUT2D eigenvalue weighted by atomic mass is 32.2. The molecule has 1 amide bonds. The lowest BCUT2D eigenvalue weighted by atomic mass is 10.2. The third-order valence-corrected chi connectivity index (χ3v) is 3.55. The molecule has 5 nitrogen and oxygen atoms in total. The predicted octanol–water partition coefficient (Wildman–Crippen LogP) is -0.266. The second-order valence-electron chi connectivity index (χ2n) is 3.83. The summed E-state index contributed by atoms with van der Waals surface area (Å²) in [6.45, 7) is 1.49. The minimum atomic E-state index is -1.38. The second kappa shape index (κ2) is 5.25. The van der Waals surface area contributed by atoms with Gasteiger partial charge in [-0.05, 0) is 12.8 Å². The third-order valence-electron chi connectivity index (χ3n) is 2.09. The zero-order valence-electron chi connectivity index (χ0n) is 8.56. The van der Waals surface area contributed by atoms with E-state index < -0.39 is 22.7 Å². The lowest BCUT2D eigenvalue weighted by molar-refractivity contribution is -0.140. The van der Waals surface area contributed by atoms with Crippen molar-refractivity contribution in [2.24, 2.45) is 5.92 Å². The number of amides is 1. The highest BCUT2D eigenvalue weighted by Gasteiger charge is 2.24. The van der Waals surface area contributed by atoms with Gasteiger partial charge >= 0.3 is 5.97 Å². The Kier molecular flexibility index (Phi) is 4.26. The van der Waals surface area contributed by atoms with E-state index in [1.165, 1.54) is 6.92 Å². The van der Waals surface area contributed by atoms with Gasteiger partial charge in [-0.2, -0.15) is 0 Å². The molecule has 0 heterocycles. The predicted molar refractivity (Wildman–Crippen MR) is 55.8 cm³/mol.